The molecule has 0 fully saturated rings. The van der Waals surface area contributed by atoms with E-state index >= 15 is 0 Å². The van der Waals surface area contributed by atoms with Gasteiger partial charge in [-0.15, -0.1) is 11.8 Å². The molecule has 0 aliphatic rings. The third-order valence-electron chi connectivity index (χ3n) is 4.43. The fourth-order valence-corrected chi connectivity index (χ4v) is 3.49. The number of rotatable bonds is 9. The smallest absolute Gasteiger partial charge is 0.233 e. The van der Waals surface area contributed by atoms with Crippen LogP contribution in [0.3, 0.4) is 0 Å². The highest BCUT2D eigenvalue weighted by atomic mass is 32.2. The Kier molecular flexibility index (Phi) is 8.04. The Hall–Kier alpha value is -2.14. The monoisotopic (exact) mass is 387 g/mol. The summed E-state index contributed by atoms with van der Waals surface area (Å²) < 4.78 is 10.5. The van der Waals surface area contributed by atoms with Gasteiger partial charge in [0.05, 0.1) is 19.5 Å². The Morgan fingerprint density at radius 1 is 0.963 bits per heavy atom. The maximum Gasteiger partial charge on any atom is 0.233 e. The van der Waals surface area contributed by atoms with Gasteiger partial charge in [-0.1, -0.05) is 44.2 Å². The topological polar surface area (TPSA) is 47.6 Å². The van der Waals surface area contributed by atoms with Crippen molar-refractivity contribution >= 4 is 17.7 Å². The number of methoxy groups -OCH3 is 2. The zero-order valence-corrected chi connectivity index (χ0v) is 17.6. The van der Waals surface area contributed by atoms with Crippen LogP contribution in [0.15, 0.2) is 42.5 Å². The average Bonchev–Trinajstić information content (AvgIpc) is 2.70. The van der Waals surface area contributed by atoms with Gasteiger partial charge in [0.15, 0.2) is 11.5 Å². The van der Waals surface area contributed by atoms with Gasteiger partial charge in [0.25, 0.3) is 0 Å². The molecule has 2 aromatic rings. The molecule has 0 bridgehead atoms. The number of benzene rings is 2. The number of amides is 1. The summed E-state index contributed by atoms with van der Waals surface area (Å²) in [5, 5.41) is 2.88. The van der Waals surface area contributed by atoms with Gasteiger partial charge in [0.1, 0.15) is 0 Å². The first-order valence-corrected chi connectivity index (χ1v) is 10.2. The molecule has 1 N–H and O–H groups in total. The number of ether oxygens (including phenoxy) is 2. The number of nitrogens with one attached hydrogen (secondary N) is 1. The van der Waals surface area contributed by atoms with Crippen molar-refractivity contribution < 1.29 is 14.3 Å². The number of carbonyl (C=O) groups excluding carboxylic acids is 1. The van der Waals surface area contributed by atoms with E-state index in [0.717, 1.165) is 11.3 Å². The second-order valence-corrected chi connectivity index (χ2v) is 8.09. The normalized spacial score (nSPS) is 11.9. The Bertz CT molecular complexity index is 744. The Morgan fingerprint density at radius 2 is 1.59 bits per heavy atom. The first-order chi connectivity index (χ1) is 12.9. The van der Waals surface area contributed by atoms with E-state index in [1.165, 1.54) is 11.1 Å². The van der Waals surface area contributed by atoms with Crippen LogP contribution in [0.5, 0.6) is 11.5 Å². The summed E-state index contributed by atoms with van der Waals surface area (Å²) in [6.07, 6.45) is 0. The van der Waals surface area contributed by atoms with Crippen molar-refractivity contribution in [2.75, 3.05) is 14.2 Å². The van der Waals surface area contributed by atoms with E-state index in [1.807, 2.05) is 25.1 Å². The van der Waals surface area contributed by atoms with E-state index in [9.17, 15) is 4.79 Å². The van der Waals surface area contributed by atoms with E-state index in [-0.39, 0.29) is 11.2 Å². The van der Waals surface area contributed by atoms with Crippen molar-refractivity contribution in [3.63, 3.8) is 0 Å². The van der Waals surface area contributed by atoms with Gasteiger partial charge in [-0.2, -0.15) is 0 Å². The van der Waals surface area contributed by atoms with Crippen molar-refractivity contribution in [2.24, 2.45) is 0 Å². The molecule has 0 heterocycles. The maximum atomic E-state index is 12.4. The minimum Gasteiger partial charge on any atom is -0.493 e. The highest BCUT2D eigenvalue weighted by Gasteiger charge is 2.14. The predicted octanol–water partition coefficient (Wildman–Crippen LogP) is 4.77. The largest absolute Gasteiger partial charge is 0.493 e. The second kappa shape index (κ2) is 10.3. The van der Waals surface area contributed by atoms with Crippen LogP contribution in [0, 0.1) is 0 Å². The van der Waals surface area contributed by atoms with Crippen molar-refractivity contribution in [2.45, 2.75) is 44.2 Å². The molecule has 0 aliphatic carbocycles. The van der Waals surface area contributed by atoms with Crippen molar-refractivity contribution in [1.29, 1.82) is 0 Å². The van der Waals surface area contributed by atoms with Crippen molar-refractivity contribution in [3.8, 4) is 11.5 Å². The number of hydrogen-bond acceptors (Lipinski definition) is 4. The number of carbonyl (C=O) groups is 1. The molecule has 0 aromatic heterocycles. The lowest BCUT2D eigenvalue weighted by molar-refractivity contribution is -0.120. The van der Waals surface area contributed by atoms with Gasteiger partial charge in [0, 0.05) is 12.3 Å². The summed E-state index contributed by atoms with van der Waals surface area (Å²) in [7, 11) is 3.21. The molecule has 0 saturated carbocycles. The molecule has 0 radical (unpaired) electrons. The van der Waals surface area contributed by atoms with Crippen molar-refractivity contribution in [3.05, 3.63) is 59.2 Å². The molecule has 2 rings (SSSR count). The molecule has 0 unspecified atom stereocenters. The van der Waals surface area contributed by atoms with Gasteiger partial charge >= 0.3 is 0 Å². The third-order valence-corrected chi connectivity index (χ3v) is 5.64. The lowest BCUT2D eigenvalue weighted by Gasteiger charge is -2.14. The third kappa shape index (κ3) is 6.21. The number of hydrogen-bond donors (Lipinski definition) is 1. The number of thioether (sulfide) groups is 1. The van der Waals surface area contributed by atoms with Crippen LogP contribution in [0.1, 0.15) is 43.4 Å². The molecule has 2 aromatic carbocycles. The van der Waals surface area contributed by atoms with E-state index < -0.39 is 0 Å². The van der Waals surface area contributed by atoms with Gasteiger partial charge in [-0.3, -0.25) is 4.79 Å². The molecular weight excluding hydrogens is 358 g/mol. The minimum absolute atomic E-state index is 0.0357. The molecule has 27 heavy (non-hydrogen) atoms. The molecule has 1 atom stereocenters. The van der Waals surface area contributed by atoms with Crippen LogP contribution in [-0.4, -0.2) is 25.4 Å². The fraction of sp³-hybridized carbons (Fsp3) is 0.409. The zero-order chi connectivity index (χ0) is 19.8. The maximum absolute atomic E-state index is 12.4. The Morgan fingerprint density at radius 3 is 2.19 bits per heavy atom. The fourth-order valence-electron chi connectivity index (χ4n) is 2.62. The SMILES string of the molecule is COc1ccc(CNC(=O)[C@@H](C)SCc2ccc(C(C)C)cc2)cc1OC. The Labute approximate surface area is 166 Å². The molecule has 0 aliphatic heterocycles. The van der Waals surface area contributed by atoms with Crippen LogP contribution in [-0.2, 0) is 17.1 Å². The van der Waals surface area contributed by atoms with Gasteiger partial charge in [-0.05, 0) is 41.7 Å². The van der Waals surface area contributed by atoms with Crippen LogP contribution < -0.4 is 14.8 Å². The highest BCUT2D eigenvalue weighted by Crippen LogP contribution is 2.27. The van der Waals surface area contributed by atoms with Crippen molar-refractivity contribution in [1.82, 2.24) is 5.32 Å². The second-order valence-electron chi connectivity index (χ2n) is 6.76. The van der Waals surface area contributed by atoms with E-state index in [2.05, 4.69) is 43.4 Å². The summed E-state index contributed by atoms with van der Waals surface area (Å²) in [6.45, 7) is 6.79. The Balaban J connectivity index is 1.83. The lowest BCUT2D eigenvalue weighted by atomic mass is 10.0. The summed E-state index contributed by atoms with van der Waals surface area (Å²) in [4.78, 5) is 12.4. The first kappa shape index (κ1) is 21.2. The molecular formula is C22H29NO3S. The molecule has 146 valence electrons. The molecule has 0 saturated heterocycles. The summed E-state index contributed by atoms with van der Waals surface area (Å²) >= 11 is 1.64. The molecule has 5 heteroatoms. The molecule has 4 nitrogen and oxygen atoms in total. The van der Waals surface area contributed by atoms with Crippen LogP contribution in [0.2, 0.25) is 0 Å². The minimum atomic E-state index is -0.116. The quantitative estimate of drug-likeness (QED) is 0.674. The van der Waals surface area contributed by atoms with Gasteiger partial charge in [-0.25, -0.2) is 0 Å². The van der Waals surface area contributed by atoms with Gasteiger partial charge in [0.2, 0.25) is 5.91 Å². The first-order valence-electron chi connectivity index (χ1n) is 9.13. The highest BCUT2D eigenvalue weighted by molar-refractivity contribution is 7.99. The summed E-state index contributed by atoms with van der Waals surface area (Å²) in [5.74, 6) is 2.74. The molecule has 0 spiro atoms. The van der Waals surface area contributed by atoms with Crippen LogP contribution >= 0.6 is 11.8 Å². The van der Waals surface area contributed by atoms with Gasteiger partial charge < -0.3 is 14.8 Å². The summed E-state index contributed by atoms with van der Waals surface area (Å²) in [5.41, 5.74) is 3.55. The van der Waals surface area contributed by atoms with Crippen LogP contribution in [0.25, 0.3) is 0 Å². The average molecular weight is 388 g/mol. The van der Waals surface area contributed by atoms with E-state index in [4.69, 9.17) is 9.47 Å². The van der Waals surface area contributed by atoms with E-state index in [0.29, 0.717) is 24.0 Å². The zero-order valence-electron chi connectivity index (χ0n) is 16.7. The summed E-state index contributed by atoms with van der Waals surface area (Å²) in [6, 6.07) is 14.3. The lowest BCUT2D eigenvalue weighted by Crippen LogP contribution is -2.30. The predicted molar refractivity (Wildman–Crippen MR) is 113 cm³/mol. The standard InChI is InChI=1S/C22H29NO3S/c1-15(2)19-9-6-17(7-10-19)14-27-16(3)22(24)23-13-18-8-11-20(25-4)21(12-18)26-5/h6-12,15-16H,13-14H2,1-5H3,(H,23,24)/t16-/m1/s1. The van der Waals surface area contributed by atoms with Crippen LogP contribution in [0.4, 0.5) is 0 Å². The van der Waals surface area contributed by atoms with E-state index in [1.54, 1.807) is 26.0 Å². The molecule has 1 amide bonds.